The molecule has 0 radical (unpaired) electrons. The Kier molecular flexibility index (Phi) is 4.25. The van der Waals surface area contributed by atoms with E-state index in [0.29, 0.717) is 18.8 Å². The first-order valence-electron chi connectivity index (χ1n) is 6.78. The van der Waals surface area contributed by atoms with Crippen molar-refractivity contribution in [2.75, 3.05) is 13.2 Å². The third-order valence-corrected chi connectivity index (χ3v) is 3.90. The predicted octanol–water partition coefficient (Wildman–Crippen LogP) is -0.403. The van der Waals surface area contributed by atoms with Crippen molar-refractivity contribution < 1.29 is 14.3 Å². The highest BCUT2D eigenvalue weighted by molar-refractivity contribution is 5.96. The lowest BCUT2D eigenvalue weighted by atomic mass is 9.78. The number of nitrogens with two attached hydrogens (primary N) is 2. The van der Waals surface area contributed by atoms with Gasteiger partial charge in [0.25, 0.3) is 0 Å². The van der Waals surface area contributed by atoms with E-state index in [1.165, 1.54) is 0 Å². The average Bonchev–Trinajstić information content (AvgIpc) is 2.38. The molecule has 2 atom stereocenters. The first kappa shape index (κ1) is 14.7. The fraction of sp³-hybridized carbons (Fsp3) is 0.571. The number of hydrogen-bond acceptors (Lipinski definition) is 4. The van der Waals surface area contributed by atoms with Crippen LogP contribution in [0.25, 0.3) is 0 Å². The predicted molar refractivity (Wildman–Crippen MR) is 74.5 cm³/mol. The van der Waals surface area contributed by atoms with E-state index in [1.807, 2.05) is 6.92 Å². The molecule has 20 heavy (non-hydrogen) atoms. The lowest BCUT2D eigenvalue weighted by molar-refractivity contribution is -0.122. The van der Waals surface area contributed by atoms with Crippen molar-refractivity contribution in [2.24, 2.45) is 17.4 Å². The van der Waals surface area contributed by atoms with Gasteiger partial charge in [0.05, 0.1) is 11.5 Å². The smallest absolute Gasteiger partial charge is 0.248 e. The van der Waals surface area contributed by atoms with Gasteiger partial charge in [0.1, 0.15) is 0 Å². The van der Waals surface area contributed by atoms with Crippen LogP contribution in [0.15, 0.2) is 23.8 Å². The van der Waals surface area contributed by atoms with Crippen LogP contribution < -0.4 is 16.8 Å². The van der Waals surface area contributed by atoms with Gasteiger partial charge in [0.2, 0.25) is 11.8 Å². The second kappa shape index (κ2) is 5.76. The molecule has 6 nitrogen and oxygen atoms in total. The molecule has 1 fully saturated rings. The number of hydrogen-bond donors (Lipinski definition) is 3. The first-order valence-corrected chi connectivity index (χ1v) is 6.78. The summed E-state index contributed by atoms with van der Waals surface area (Å²) in [5, 5.41) is 3.43. The molecule has 2 amide bonds. The van der Waals surface area contributed by atoms with Crippen LogP contribution in [-0.4, -0.2) is 36.6 Å². The number of primary amides is 2. The molecular formula is C14H21N3O3. The fourth-order valence-electron chi connectivity index (χ4n) is 2.82. The summed E-state index contributed by atoms with van der Waals surface area (Å²) in [5.74, 6) is -1.44. The molecule has 1 aliphatic carbocycles. The summed E-state index contributed by atoms with van der Waals surface area (Å²) in [5.41, 5.74) is 10.5. The van der Waals surface area contributed by atoms with Gasteiger partial charge in [-0.15, -0.1) is 0 Å². The fourth-order valence-corrected chi connectivity index (χ4v) is 2.82. The number of carbonyl (C=O) groups excluding carboxylic acids is 2. The molecule has 2 unspecified atom stereocenters. The molecule has 0 bridgehead atoms. The first-order chi connectivity index (χ1) is 9.42. The Balaban J connectivity index is 2.23. The Hall–Kier alpha value is -1.66. The van der Waals surface area contributed by atoms with E-state index in [1.54, 1.807) is 18.2 Å². The maximum absolute atomic E-state index is 11.6. The minimum Gasteiger partial charge on any atom is -0.381 e. The van der Waals surface area contributed by atoms with Crippen molar-refractivity contribution >= 4 is 11.8 Å². The summed E-state index contributed by atoms with van der Waals surface area (Å²) in [7, 11) is 0. The largest absolute Gasteiger partial charge is 0.381 e. The van der Waals surface area contributed by atoms with E-state index < -0.39 is 23.3 Å². The number of rotatable bonds is 4. The van der Waals surface area contributed by atoms with Gasteiger partial charge < -0.3 is 21.5 Å². The van der Waals surface area contributed by atoms with Gasteiger partial charge in [-0.2, -0.15) is 0 Å². The van der Waals surface area contributed by atoms with Crippen LogP contribution in [0.5, 0.6) is 0 Å². The van der Waals surface area contributed by atoms with Gasteiger partial charge >= 0.3 is 0 Å². The van der Waals surface area contributed by atoms with Gasteiger partial charge in [0.15, 0.2) is 0 Å². The van der Waals surface area contributed by atoms with Crippen LogP contribution in [0.4, 0.5) is 0 Å². The van der Waals surface area contributed by atoms with E-state index in [4.69, 9.17) is 16.2 Å². The number of nitrogens with one attached hydrogen (secondary N) is 1. The Morgan fingerprint density at radius 2 is 2.00 bits per heavy atom. The van der Waals surface area contributed by atoms with E-state index in [9.17, 15) is 9.59 Å². The van der Waals surface area contributed by atoms with E-state index in [0.717, 1.165) is 12.8 Å². The molecule has 2 rings (SSSR count). The zero-order valence-corrected chi connectivity index (χ0v) is 11.6. The zero-order chi connectivity index (χ0) is 14.8. The quantitative estimate of drug-likeness (QED) is 0.650. The lowest BCUT2D eigenvalue weighted by Gasteiger charge is -2.39. The Bertz CT molecular complexity index is 466. The summed E-state index contributed by atoms with van der Waals surface area (Å²) in [6.07, 6.45) is 6.65. The molecule has 5 N–H and O–H groups in total. The van der Waals surface area contributed by atoms with Crippen LogP contribution in [0.1, 0.15) is 19.8 Å². The molecule has 110 valence electrons. The summed E-state index contributed by atoms with van der Waals surface area (Å²) in [6.45, 7) is 3.25. The van der Waals surface area contributed by atoms with Gasteiger partial charge in [-0.1, -0.05) is 18.2 Å². The highest BCUT2D eigenvalue weighted by atomic mass is 16.5. The van der Waals surface area contributed by atoms with Crippen LogP contribution in [-0.2, 0) is 14.3 Å². The topological polar surface area (TPSA) is 107 Å². The van der Waals surface area contributed by atoms with E-state index in [-0.39, 0.29) is 6.04 Å². The molecule has 6 heteroatoms. The molecule has 1 aliphatic heterocycles. The second-order valence-electron chi connectivity index (χ2n) is 5.52. The zero-order valence-electron chi connectivity index (χ0n) is 11.6. The Labute approximate surface area is 118 Å². The average molecular weight is 279 g/mol. The second-order valence-corrected chi connectivity index (χ2v) is 5.52. The van der Waals surface area contributed by atoms with E-state index >= 15 is 0 Å². The normalized spacial score (nSPS) is 30.9. The highest BCUT2D eigenvalue weighted by Crippen LogP contribution is 2.28. The van der Waals surface area contributed by atoms with Crippen molar-refractivity contribution in [1.82, 2.24) is 5.32 Å². The van der Waals surface area contributed by atoms with E-state index in [2.05, 4.69) is 5.32 Å². The van der Waals surface area contributed by atoms with Gasteiger partial charge in [-0.3, -0.25) is 9.59 Å². The molecule has 0 aromatic rings. The van der Waals surface area contributed by atoms with Crippen LogP contribution in [0.3, 0.4) is 0 Å². The number of carbonyl (C=O) groups is 2. The number of ether oxygens (including phenoxy) is 1. The standard InChI is InChI=1S/C14H21N3O3/c1-14(17-10-4-6-20-7-5-10)8-9(12(15)18)2-3-11(14)13(16)19/h2-3,8,10-11,17H,4-7H2,1H3,(H2,15,18)(H2,16,19). The van der Waals surface area contributed by atoms with Crippen molar-refractivity contribution in [1.29, 1.82) is 0 Å². The summed E-state index contributed by atoms with van der Waals surface area (Å²) in [6, 6.07) is 0.229. The Morgan fingerprint density at radius 1 is 1.35 bits per heavy atom. The summed E-state index contributed by atoms with van der Waals surface area (Å²) >= 11 is 0. The van der Waals surface area contributed by atoms with Gasteiger partial charge in [0, 0.05) is 24.8 Å². The van der Waals surface area contributed by atoms with Crippen molar-refractivity contribution in [2.45, 2.75) is 31.3 Å². The minimum absolute atomic E-state index is 0.229. The van der Waals surface area contributed by atoms with Crippen molar-refractivity contribution in [3.63, 3.8) is 0 Å². The minimum atomic E-state index is -0.701. The molecule has 0 aromatic heterocycles. The molecule has 0 aromatic carbocycles. The van der Waals surface area contributed by atoms with Crippen molar-refractivity contribution in [3.05, 3.63) is 23.8 Å². The SMILES string of the molecule is CC1(NC2CCOCC2)C=C(C(N)=O)C=CC1C(N)=O. The third-order valence-electron chi connectivity index (χ3n) is 3.90. The van der Waals surface area contributed by atoms with Crippen molar-refractivity contribution in [3.8, 4) is 0 Å². The molecule has 2 aliphatic rings. The molecule has 0 spiro atoms. The monoisotopic (exact) mass is 279 g/mol. The molecule has 1 heterocycles. The van der Waals surface area contributed by atoms with Crippen LogP contribution in [0, 0.1) is 5.92 Å². The molecule has 1 saturated heterocycles. The lowest BCUT2D eigenvalue weighted by Crippen LogP contribution is -2.57. The third kappa shape index (κ3) is 3.08. The Morgan fingerprint density at radius 3 is 2.55 bits per heavy atom. The summed E-state index contributed by atoms with van der Waals surface area (Å²) < 4.78 is 5.32. The van der Waals surface area contributed by atoms with Gasteiger partial charge in [-0.25, -0.2) is 0 Å². The van der Waals surface area contributed by atoms with Crippen LogP contribution >= 0.6 is 0 Å². The molecular weight excluding hydrogens is 258 g/mol. The van der Waals surface area contributed by atoms with Crippen LogP contribution in [0.2, 0.25) is 0 Å². The summed E-state index contributed by atoms with van der Waals surface area (Å²) in [4.78, 5) is 23.0. The highest BCUT2D eigenvalue weighted by Gasteiger charge is 2.39. The number of amides is 2. The molecule has 0 saturated carbocycles. The van der Waals surface area contributed by atoms with Gasteiger partial charge in [-0.05, 0) is 19.8 Å². The maximum atomic E-state index is 11.6. The maximum Gasteiger partial charge on any atom is 0.248 e.